The Morgan fingerprint density at radius 3 is 1.74 bits per heavy atom. The quantitative estimate of drug-likeness (QED) is 0.431. The fourth-order valence-corrected chi connectivity index (χ4v) is 3.11. The molecule has 2 aromatic carbocycles. The number of rotatable bonds is 7. The Bertz CT molecular complexity index is 1380. The van der Waals surface area contributed by atoms with Crippen molar-refractivity contribution < 1.29 is 33.0 Å². The predicted molar refractivity (Wildman–Crippen MR) is 141 cm³/mol. The van der Waals surface area contributed by atoms with Gasteiger partial charge >= 0.3 is 18.3 Å². The van der Waals surface area contributed by atoms with Gasteiger partial charge in [0.15, 0.2) is 11.2 Å². The van der Waals surface area contributed by atoms with E-state index in [9.17, 15) is 19.2 Å². The maximum Gasteiger partial charge on any atom is 0.414 e. The molecule has 1 aromatic heterocycles. The average Bonchev–Trinajstić information content (AvgIpc) is 2.91. The number of hydrogen-bond acceptors (Lipinski definition) is 8. The van der Waals surface area contributed by atoms with Gasteiger partial charge in [0.25, 0.3) is 0 Å². The normalized spacial score (nSPS) is 10.6. The highest BCUT2D eigenvalue weighted by molar-refractivity contribution is 5.89. The molecule has 0 bridgehead atoms. The molecule has 202 valence electrons. The fraction of sp³-hybridized carbons (Fsp3) is 0.333. The molecule has 38 heavy (non-hydrogen) atoms. The van der Waals surface area contributed by atoms with Gasteiger partial charge in [0.1, 0.15) is 28.2 Å². The first-order chi connectivity index (χ1) is 18.1. The van der Waals surface area contributed by atoms with E-state index in [0.29, 0.717) is 30.9 Å². The van der Waals surface area contributed by atoms with Crippen LogP contribution in [0.1, 0.15) is 20.8 Å². The number of nitrogens with zero attached hydrogens (tertiary/aromatic N) is 3. The molecule has 0 aliphatic rings. The van der Waals surface area contributed by atoms with Crippen LogP contribution < -0.4 is 19.6 Å². The largest absolute Gasteiger partial charge is 0.456 e. The standard InChI is InChI=1S/C27H31N3O8/c1-7-28(4)25(32)35-18-12-10-17(11-13-18)21-16-20(31)24-22(37-21)14-19(36-26(33)29(5)8-2)15-23(24)38-27(34)30(6)9-3/h10-16H,7-9H2,1-6H3. The smallest absolute Gasteiger partial charge is 0.414 e. The third kappa shape index (κ3) is 6.41. The van der Waals surface area contributed by atoms with E-state index in [2.05, 4.69) is 0 Å². The Hall–Kier alpha value is -4.54. The summed E-state index contributed by atoms with van der Waals surface area (Å²) in [6.45, 7) is 6.68. The van der Waals surface area contributed by atoms with Gasteiger partial charge in [-0.15, -0.1) is 0 Å². The third-order valence-corrected chi connectivity index (χ3v) is 5.87. The van der Waals surface area contributed by atoms with E-state index in [0.717, 1.165) is 0 Å². The molecule has 0 aliphatic heterocycles. The zero-order valence-electron chi connectivity index (χ0n) is 22.3. The van der Waals surface area contributed by atoms with Crippen molar-refractivity contribution in [1.29, 1.82) is 0 Å². The second kappa shape index (κ2) is 12.1. The number of fused-ring (bicyclic) bond motifs is 1. The highest BCUT2D eigenvalue weighted by Gasteiger charge is 2.20. The molecule has 3 rings (SSSR count). The minimum absolute atomic E-state index is 0.0170. The van der Waals surface area contributed by atoms with E-state index in [4.69, 9.17) is 18.6 Å². The van der Waals surface area contributed by atoms with Gasteiger partial charge in [0.2, 0.25) is 0 Å². The zero-order valence-corrected chi connectivity index (χ0v) is 22.3. The molecule has 0 saturated carbocycles. The molecule has 11 heteroatoms. The first-order valence-electron chi connectivity index (χ1n) is 12.1. The molecule has 3 aromatic rings. The highest BCUT2D eigenvalue weighted by Crippen LogP contribution is 2.33. The van der Waals surface area contributed by atoms with Crippen LogP contribution in [0.4, 0.5) is 14.4 Å². The second-order valence-corrected chi connectivity index (χ2v) is 8.44. The fourth-order valence-electron chi connectivity index (χ4n) is 3.11. The minimum Gasteiger partial charge on any atom is -0.456 e. The summed E-state index contributed by atoms with van der Waals surface area (Å²) in [5, 5.41) is 0.0170. The molecule has 0 N–H and O–H groups in total. The maximum atomic E-state index is 13.2. The molecule has 3 amide bonds. The van der Waals surface area contributed by atoms with Gasteiger partial charge in [0, 0.05) is 64.5 Å². The average molecular weight is 526 g/mol. The van der Waals surface area contributed by atoms with Gasteiger partial charge in [-0.1, -0.05) is 0 Å². The van der Waals surface area contributed by atoms with Crippen molar-refractivity contribution in [2.45, 2.75) is 20.8 Å². The van der Waals surface area contributed by atoms with E-state index in [1.54, 1.807) is 59.3 Å². The minimum atomic E-state index is -0.690. The van der Waals surface area contributed by atoms with Crippen LogP contribution in [-0.4, -0.2) is 73.8 Å². The van der Waals surface area contributed by atoms with Crippen molar-refractivity contribution in [3.63, 3.8) is 0 Å². The van der Waals surface area contributed by atoms with E-state index < -0.39 is 23.7 Å². The molecule has 0 spiro atoms. The summed E-state index contributed by atoms with van der Waals surface area (Å²) in [6.07, 6.45) is -1.82. The molecule has 11 nitrogen and oxygen atoms in total. The molecule has 0 atom stereocenters. The Morgan fingerprint density at radius 2 is 1.21 bits per heavy atom. The number of ether oxygens (including phenoxy) is 3. The van der Waals surface area contributed by atoms with Crippen LogP contribution >= 0.6 is 0 Å². The van der Waals surface area contributed by atoms with Crippen molar-refractivity contribution in [3.05, 3.63) is 52.7 Å². The Labute approximate surface area is 220 Å². The number of amides is 3. The lowest BCUT2D eigenvalue weighted by molar-refractivity contribution is 0.163. The number of carbonyl (C=O) groups is 3. The van der Waals surface area contributed by atoms with Crippen molar-refractivity contribution in [1.82, 2.24) is 14.7 Å². The van der Waals surface area contributed by atoms with Crippen molar-refractivity contribution >= 4 is 29.2 Å². The SMILES string of the molecule is CCN(C)C(=O)Oc1ccc(-c2cc(=O)c3c(OC(=O)N(C)CC)cc(OC(=O)N(C)CC)cc3o2)cc1. The zero-order chi connectivity index (χ0) is 28.0. The Morgan fingerprint density at radius 1 is 0.711 bits per heavy atom. The van der Waals surface area contributed by atoms with Gasteiger partial charge in [-0.25, -0.2) is 14.4 Å². The summed E-state index contributed by atoms with van der Waals surface area (Å²) < 4.78 is 22.2. The molecule has 0 aliphatic carbocycles. The molecular weight excluding hydrogens is 494 g/mol. The highest BCUT2D eigenvalue weighted by atomic mass is 16.6. The first kappa shape index (κ1) is 28.0. The van der Waals surface area contributed by atoms with Crippen molar-refractivity contribution in [2.75, 3.05) is 40.8 Å². The molecule has 1 heterocycles. The van der Waals surface area contributed by atoms with Crippen molar-refractivity contribution in [3.8, 4) is 28.6 Å². The molecule has 0 fully saturated rings. The molecule has 0 radical (unpaired) electrons. The third-order valence-electron chi connectivity index (χ3n) is 5.87. The van der Waals surface area contributed by atoms with E-state index in [1.165, 1.54) is 32.9 Å². The van der Waals surface area contributed by atoms with Gasteiger partial charge < -0.3 is 33.3 Å². The van der Waals surface area contributed by atoms with Gasteiger partial charge in [-0.3, -0.25) is 4.79 Å². The topological polar surface area (TPSA) is 119 Å². The van der Waals surface area contributed by atoms with Crippen LogP contribution in [0.3, 0.4) is 0 Å². The lowest BCUT2D eigenvalue weighted by Gasteiger charge is -2.17. The van der Waals surface area contributed by atoms with Crippen LogP contribution in [0, 0.1) is 0 Å². The number of carbonyl (C=O) groups excluding carboxylic acids is 3. The van der Waals surface area contributed by atoms with Crippen LogP contribution in [0.5, 0.6) is 17.2 Å². The lowest BCUT2D eigenvalue weighted by Crippen LogP contribution is -2.30. The van der Waals surface area contributed by atoms with E-state index in [1.807, 2.05) is 6.92 Å². The Kier molecular flexibility index (Phi) is 8.95. The van der Waals surface area contributed by atoms with E-state index >= 15 is 0 Å². The molecule has 0 saturated heterocycles. The summed E-state index contributed by atoms with van der Waals surface area (Å²) in [5.74, 6) is 0.471. The summed E-state index contributed by atoms with van der Waals surface area (Å²) in [6, 6.07) is 10.4. The Balaban J connectivity index is 2.04. The summed E-state index contributed by atoms with van der Waals surface area (Å²) in [5.41, 5.74) is 0.121. The van der Waals surface area contributed by atoms with Gasteiger partial charge in [0.05, 0.1) is 0 Å². The monoisotopic (exact) mass is 525 g/mol. The molecule has 0 unspecified atom stereocenters. The van der Waals surface area contributed by atoms with Crippen LogP contribution in [0.15, 0.2) is 51.7 Å². The number of benzene rings is 2. The number of hydrogen-bond donors (Lipinski definition) is 0. The van der Waals surface area contributed by atoms with Crippen LogP contribution in [0.25, 0.3) is 22.3 Å². The summed E-state index contributed by atoms with van der Waals surface area (Å²) in [4.78, 5) is 54.1. The second-order valence-electron chi connectivity index (χ2n) is 8.44. The molecular formula is C27H31N3O8. The summed E-state index contributed by atoms with van der Waals surface area (Å²) >= 11 is 0. The maximum absolute atomic E-state index is 13.2. The van der Waals surface area contributed by atoms with E-state index in [-0.39, 0.29) is 28.2 Å². The first-order valence-corrected chi connectivity index (χ1v) is 12.1. The summed E-state index contributed by atoms with van der Waals surface area (Å²) in [7, 11) is 4.74. The van der Waals surface area contributed by atoms with Gasteiger partial charge in [-0.05, 0) is 45.0 Å². The predicted octanol–water partition coefficient (Wildman–Crippen LogP) is 4.81. The van der Waals surface area contributed by atoms with Crippen LogP contribution in [-0.2, 0) is 0 Å². The van der Waals surface area contributed by atoms with Crippen molar-refractivity contribution in [2.24, 2.45) is 0 Å². The van der Waals surface area contributed by atoms with Gasteiger partial charge in [-0.2, -0.15) is 0 Å². The van der Waals surface area contributed by atoms with Crippen LogP contribution in [0.2, 0.25) is 0 Å². The lowest BCUT2D eigenvalue weighted by atomic mass is 10.1.